The number of nitrogens with zero attached hydrogens (tertiary/aromatic N) is 2. The molecule has 0 amide bonds. The van der Waals surface area contributed by atoms with Gasteiger partial charge >= 0.3 is 0 Å². The monoisotopic (exact) mass is 353 g/mol. The molecule has 118 valence electrons. The summed E-state index contributed by atoms with van der Waals surface area (Å²) in [6, 6.07) is 7.86. The summed E-state index contributed by atoms with van der Waals surface area (Å²) < 4.78 is 1.21. The van der Waals surface area contributed by atoms with Gasteiger partial charge < -0.3 is 15.1 Å². The van der Waals surface area contributed by atoms with Gasteiger partial charge in [-0.2, -0.15) is 0 Å². The second-order valence-electron chi connectivity index (χ2n) is 6.24. The molecule has 0 spiro atoms. The fourth-order valence-electron chi connectivity index (χ4n) is 3.25. The van der Waals surface area contributed by atoms with Crippen LogP contribution >= 0.6 is 15.9 Å². The van der Waals surface area contributed by atoms with E-state index in [1.54, 1.807) is 0 Å². The van der Waals surface area contributed by atoms with Crippen molar-refractivity contribution < 1.29 is 0 Å². The van der Waals surface area contributed by atoms with E-state index < -0.39 is 0 Å². The third-order valence-electron chi connectivity index (χ3n) is 4.25. The summed E-state index contributed by atoms with van der Waals surface area (Å²) in [6.45, 7) is 7.66. The van der Waals surface area contributed by atoms with E-state index in [1.165, 1.54) is 35.1 Å². The molecule has 1 aromatic carbocycles. The van der Waals surface area contributed by atoms with Crippen molar-refractivity contribution in [2.45, 2.75) is 38.8 Å². The zero-order chi connectivity index (χ0) is 15.4. The van der Waals surface area contributed by atoms with Crippen LogP contribution in [0.1, 0.15) is 38.3 Å². The number of rotatable bonds is 6. The first-order valence-electron chi connectivity index (χ1n) is 7.97. The summed E-state index contributed by atoms with van der Waals surface area (Å²) in [6.07, 6.45) is 2.59. The lowest BCUT2D eigenvalue weighted by atomic mass is 10.1. The van der Waals surface area contributed by atoms with Crippen LogP contribution in [0, 0.1) is 0 Å². The number of hydrogen-bond acceptors (Lipinski definition) is 3. The Hall–Kier alpha value is -0.580. The average Bonchev–Trinajstić information content (AvgIpc) is 2.86. The van der Waals surface area contributed by atoms with Gasteiger partial charge in [0.15, 0.2) is 0 Å². The molecule has 4 heteroatoms. The zero-order valence-electron chi connectivity index (χ0n) is 13.7. The molecule has 21 heavy (non-hydrogen) atoms. The van der Waals surface area contributed by atoms with E-state index in [4.69, 9.17) is 0 Å². The summed E-state index contributed by atoms with van der Waals surface area (Å²) >= 11 is 3.76. The number of benzene rings is 1. The average molecular weight is 354 g/mol. The van der Waals surface area contributed by atoms with Gasteiger partial charge in [0.2, 0.25) is 0 Å². The minimum Gasteiger partial charge on any atom is -0.367 e. The Labute approximate surface area is 137 Å². The molecule has 0 radical (unpaired) electrons. The Morgan fingerprint density at radius 1 is 1.43 bits per heavy atom. The molecule has 2 rings (SSSR count). The quantitative estimate of drug-likeness (QED) is 0.841. The highest BCUT2D eigenvalue weighted by molar-refractivity contribution is 9.10. The lowest BCUT2D eigenvalue weighted by molar-refractivity contribution is 0.372. The summed E-state index contributed by atoms with van der Waals surface area (Å²) in [4.78, 5) is 4.85. The molecule has 1 N–H and O–H groups in total. The fraction of sp³-hybridized carbons (Fsp3) is 0.647. The van der Waals surface area contributed by atoms with Crippen molar-refractivity contribution in [3.63, 3.8) is 0 Å². The van der Waals surface area contributed by atoms with Gasteiger partial charge in [-0.1, -0.05) is 28.9 Å². The molecule has 1 aliphatic heterocycles. The lowest BCUT2D eigenvalue weighted by Crippen LogP contribution is -2.37. The SMILES string of the molecule is CCNC(C)c1ccc(N2CCCC2CN(C)C)cc1Br. The van der Waals surface area contributed by atoms with Crippen molar-refractivity contribution in [3.8, 4) is 0 Å². The van der Waals surface area contributed by atoms with Gasteiger partial charge in [0, 0.05) is 35.3 Å². The van der Waals surface area contributed by atoms with E-state index in [1.807, 2.05) is 0 Å². The van der Waals surface area contributed by atoms with Crippen LogP contribution in [0.4, 0.5) is 5.69 Å². The predicted octanol–water partition coefficient (Wildman–Crippen LogP) is 3.65. The van der Waals surface area contributed by atoms with Gasteiger partial charge in [-0.3, -0.25) is 0 Å². The molecule has 0 aromatic heterocycles. The van der Waals surface area contributed by atoms with Crippen molar-refractivity contribution in [2.24, 2.45) is 0 Å². The van der Waals surface area contributed by atoms with Gasteiger partial charge in [0.1, 0.15) is 0 Å². The summed E-state index contributed by atoms with van der Waals surface area (Å²) in [5.74, 6) is 0. The smallest absolute Gasteiger partial charge is 0.0417 e. The maximum absolute atomic E-state index is 3.76. The van der Waals surface area contributed by atoms with Crippen LogP contribution < -0.4 is 10.2 Å². The Balaban J connectivity index is 2.15. The fourth-order valence-corrected chi connectivity index (χ4v) is 3.96. The lowest BCUT2D eigenvalue weighted by Gasteiger charge is -2.29. The molecule has 1 heterocycles. The number of nitrogens with one attached hydrogen (secondary N) is 1. The Kier molecular flexibility index (Phi) is 6.08. The largest absolute Gasteiger partial charge is 0.367 e. The zero-order valence-corrected chi connectivity index (χ0v) is 15.3. The minimum atomic E-state index is 0.384. The normalized spacial score (nSPS) is 20.3. The van der Waals surface area contributed by atoms with E-state index >= 15 is 0 Å². The van der Waals surface area contributed by atoms with Gasteiger partial charge in [-0.15, -0.1) is 0 Å². The van der Waals surface area contributed by atoms with E-state index in [0.717, 1.165) is 13.1 Å². The summed E-state index contributed by atoms with van der Waals surface area (Å²) in [7, 11) is 4.32. The maximum atomic E-state index is 3.76. The second-order valence-corrected chi connectivity index (χ2v) is 7.09. The topological polar surface area (TPSA) is 18.5 Å². The molecule has 1 fully saturated rings. The van der Waals surface area contributed by atoms with Crippen LogP contribution in [0.5, 0.6) is 0 Å². The summed E-state index contributed by atoms with van der Waals surface area (Å²) in [5.41, 5.74) is 2.68. The standard InChI is InChI=1S/C17H28BrN3/c1-5-19-13(2)16-9-8-14(11-17(16)18)21-10-6-7-15(21)12-20(3)4/h8-9,11,13,15,19H,5-7,10,12H2,1-4H3. The highest BCUT2D eigenvalue weighted by Gasteiger charge is 2.25. The van der Waals surface area contributed by atoms with E-state index in [-0.39, 0.29) is 0 Å². The number of likely N-dealkylation sites (N-methyl/N-ethyl adjacent to an activating group) is 1. The second kappa shape index (κ2) is 7.61. The van der Waals surface area contributed by atoms with E-state index in [9.17, 15) is 0 Å². The number of halogens is 1. The van der Waals surface area contributed by atoms with Crippen LogP contribution in [-0.2, 0) is 0 Å². The van der Waals surface area contributed by atoms with Crippen molar-refractivity contribution >= 4 is 21.6 Å². The first kappa shape index (κ1) is 16.8. The predicted molar refractivity (Wildman–Crippen MR) is 95.2 cm³/mol. The Morgan fingerprint density at radius 3 is 2.81 bits per heavy atom. The van der Waals surface area contributed by atoms with Crippen LogP contribution in [0.2, 0.25) is 0 Å². The third-order valence-corrected chi connectivity index (χ3v) is 4.93. The molecule has 1 saturated heterocycles. The maximum Gasteiger partial charge on any atom is 0.0417 e. The van der Waals surface area contributed by atoms with Gasteiger partial charge in [-0.05, 0) is 58.1 Å². The van der Waals surface area contributed by atoms with E-state index in [2.05, 4.69) is 77.2 Å². The van der Waals surface area contributed by atoms with Crippen LogP contribution in [-0.4, -0.2) is 44.7 Å². The molecule has 0 bridgehead atoms. The molecule has 0 aliphatic carbocycles. The Bertz CT molecular complexity index is 461. The summed E-state index contributed by atoms with van der Waals surface area (Å²) in [5, 5.41) is 3.48. The van der Waals surface area contributed by atoms with Gasteiger partial charge in [0.05, 0.1) is 0 Å². The van der Waals surface area contributed by atoms with Crippen LogP contribution in [0.3, 0.4) is 0 Å². The van der Waals surface area contributed by atoms with Gasteiger partial charge in [0.25, 0.3) is 0 Å². The molecule has 1 aromatic rings. The minimum absolute atomic E-state index is 0.384. The molecule has 2 unspecified atom stereocenters. The van der Waals surface area contributed by atoms with Crippen LogP contribution in [0.15, 0.2) is 22.7 Å². The van der Waals surface area contributed by atoms with E-state index in [0.29, 0.717) is 12.1 Å². The molecule has 1 aliphatic rings. The Morgan fingerprint density at radius 2 is 2.19 bits per heavy atom. The highest BCUT2D eigenvalue weighted by atomic mass is 79.9. The molecule has 3 nitrogen and oxygen atoms in total. The van der Waals surface area contributed by atoms with Crippen molar-refractivity contribution in [2.75, 3.05) is 38.6 Å². The van der Waals surface area contributed by atoms with Crippen molar-refractivity contribution in [1.82, 2.24) is 10.2 Å². The van der Waals surface area contributed by atoms with Crippen LogP contribution in [0.25, 0.3) is 0 Å². The van der Waals surface area contributed by atoms with Gasteiger partial charge in [-0.25, -0.2) is 0 Å². The molecular weight excluding hydrogens is 326 g/mol. The first-order valence-corrected chi connectivity index (χ1v) is 8.76. The number of hydrogen-bond donors (Lipinski definition) is 1. The highest BCUT2D eigenvalue weighted by Crippen LogP contribution is 2.32. The molecule has 2 atom stereocenters. The number of anilines is 1. The molecular formula is C17H28BrN3. The molecule has 0 saturated carbocycles. The third kappa shape index (κ3) is 4.21. The van der Waals surface area contributed by atoms with Crippen molar-refractivity contribution in [1.29, 1.82) is 0 Å². The van der Waals surface area contributed by atoms with Crippen molar-refractivity contribution in [3.05, 3.63) is 28.2 Å². The first-order chi connectivity index (χ1) is 10.0.